The SMILES string of the molecule is CC1C=C(Oc2ccc3nc(N[C@@H]4CCCC[C@H]4O)sc3c2)C=CN1C. The zero-order chi connectivity index (χ0) is 18.1. The number of aliphatic hydroxyl groups excluding tert-OH is 1. The summed E-state index contributed by atoms with van der Waals surface area (Å²) in [6.45, 7) is 2.14. The van der Waals surface area contributed by atoms with E-state index in [0.717, 1.165) is 52.5 Å². The van der Waals surface area contributed by atoms with Crippen molar-refractivity contribution in [3.8, 4) is 5.75 Å². The Morgan fingerprint density at radius 1 is 1.31 bits per heavy atom. The van der Waals surface area contributed by atoms with Crippen LogP contribution in [0.2, 0.25) is 0 Å². The van der Waals surface area contributed by atoms with Crippen LogP contribution in [0.5, 0.6) is 5.75 Å². The van der Waals surface area contributed by atoms with E-state index in [4.69, 9.17) is 4.74 Å². The largest absolute Gasteiger partial charge is 0.458 e. The van der Waals surface area contributed by atoms with Gasteiger partial charge in [-0.1, -0.05) is 24.2 Å². The first kappa shape index (κ1) is 17.4. The Balaban J connectivity index is 1.49. The van der Waals surface area contributed by atoms with Crippen LogP contribution in [0.1, 0.15) is 32.6 Å². The number of thiazole rings is 1. The first-order valence-electron chi connectivity index (χ1n) is 9.23. The number of nitrogens with one attached hydrogen (secondary N) is 1. The molecule has 2 aromatic rings. The molecule has 1 aliphatic heterocycles. The Kier molecular flexibility index (Phi) is 4.87. The molecule has 1 fully saturated rings. The quantitative estimate of drug-likeness (QED) is 0.847. The van der Waals surface area contributed by atoms with Crippen LogP contribution in [0.4, 0.5) is 5.13 Å². The lowest BCUT2D eigenvalue weighted by Gasteiger charge is -2.27. The number of ether oxygens (including phenoxy) is 1. The average Bonchev–Trinajstić information content (AvgIpc) is 3.02. The third-order valence-electron chi connectivity index (χ3n) is 5.16. The zero-order valence-corrected chi connectivity index (χ0v) is 16.0. The Labute approximate surface area is 158 Å². The van der Waals surface area contributed by atoms with Gasteiger partial charge < -0.3 is 20.1 Å². The van der Waals surface area contributed by atoms with E-state index < -0.39 is 0 Å². The highest BCUT2D eigenvalue weighted by Gasteiger charge is 2.23. The van der Waals surface area contributed by atoms with E-state index in [0.29, 0.717) is 6.04 Å². The van der Waals surface area contributed by atoms with Gasteiger partial charge in [0.1, 0.15) is 11.5 Å². The maximum absolute atomic E-state index is 10.1. The summed E-state index contributed by atoms with van der Waals surface area (Å²) in [7, 11) is 2.05. The van der Waals surface area contributed by atoms with Gasteiger partial charge in [0.2, 0.25) is 0 Å². The van der Waals surface area contributed by atoms with E-state index in [-0.39, 0.29) is 12.1 Å². The molecule has 2 N–H and O–H groups in total. The number of benzene rings is 1. The third kappa shape index (κ3) is 3.71. The van der Waals surface area contributed by atoms with Gasteiger partial charge in [-0.25, -0.2) is 4.98 Å². The van der Waals surface area contributed by atoms with Crippen LogP contribution in [0.3, 0.4) is 0 Å². The smallest absolute Gasteiger partial charge is 0.184 e. The summed E-state index contributed by atoms with van der Waals surface area (Å²) in [6.07, 6.45) is 9.98. The molecule has 1 aromatic heterocycles. The minimum absolute atomic E-state index is 0.107. The number of nitrogens with zero attached hydrogens (tertiary/aromatic N) is 2. The van der Waals surface area contributed by atoms with Crippen LogP contribution in [-0.4, -0.2) is 40.2 Å². The van der Waals surface area contributed by atoms with Crippen LogP contribution >= 0.6 is 11.3 Å². The molecule has 6 heteroatoms. The minimum Gasteiger partial charge on any atom is -0.458 e. The molecule has 2 heterocycles. The van der Waals surface area contributed by atoms with Crippen molar-refractivity contribution in [2.75, 3.05) is 12.4 Å². The van der Waals surface area contributed by atoms with Crippen molar-refractivity contribution in [1.29, 1.82) is 0 Å². The van der Waals surface area contributed by atoms with Crippen molar-refractivity contribution in [2.45, 2.75) is 50.8 Å². The number of allylic oxidation sites excluding steroid dienone is 1. The summed E-state index contributed by atoms with van der Waals surface area (Å²) < 4.78 is 7.11. The lowest BCUT2D eigenvalue weighted by Crippen LogP contribution is -2.36. The molecule has 26 heavy (non-hydrogen) atoms. The van der Waals surface area contributed by atoms with Crippen LogP contribution < -0.4 is 10.1 Å². The molecule has 1 saturated carbocycles. The second-order valence-electron chi connectivity index (χ2n) is 7.14. The number of fused-ring (bicyclic) bond motifs is 1. The molecule has 1 aliphatic carbocycles. The average molecular weight is 372 g/mol. The lowest BCUT2D eigenvalue weighted by atomic mass is 9.93. The summed E-state index contributed by atoms with van der Waals surface area (Å²) in [4.78, 5) is 6.79. The summed E-state index contributed by atoms with van der Waals surface area (Å²) in [5.41, 5.74) is 0.955. The van der Waals surface area contributed by atoms with Gasteiger partial charge in [0.05, 0.1) is 22.4 Å². The molecular weight excluding hydrogens is 346 g/mol. The monoisotopic (exact) mass is 371 g/mol. The fourth-order valence-electron chi connectivity index (χ4n) is 3.41. The second-order valence-corrected chi connectivity index (χ2v) is 8.17. The van der Waals surface area contributed by atoms with Gasteiger partial charge in [-0.05, 0) is 44.1 Å². The number of rotatable bonds is 4. The highest BCUT2D eigenvalue weighted by Crippen LogP contribution is 2.32. The summed E-state index contributed by atoms with van der Waals surface area (Å²) in [5.74, 6) is 1.68. The maximum atomic E-state index is 10.1. The van der Waals surface area contributed by atoms with Gasteiger partial charge in [0.25, 0.3) is 0 Å². The van der Waals surface area contributed by atoms with Crippen LogP contribution in [-0.2, 0) is 0 Å². The molecule has 0 bridgehead atoms. The van der Waals surface area contributed by atoms with Gasteiger partial charge in [-0.2, -0.15) is 0 Å². The van der Waals surface area contributed by atoms with E-state index in [1.54, 1.807) is 11.3 Å². The molecule has 4 rings (SSSR count). The standard InChI is InChI=1S/C20H25N3O2S/c1-13-11-15(9-10-23(13)2)25-14-7-8-17-19(12-14)26-20(22-17)21-16-5-3-4-6-18(16)24/h7-13,16,18,24H,3-6H2,1-2H3,(H,21,22)/t13?,16-,18-/m1/s1. The van der Waals surface area contributed by atoms with E-state index in [1.807, 2.05) is 30.5 Å². The molecular formula is C20H25N3O2S. The zero-order valence-electron chi connectivity index (χ0n) is 15.2. The maximum Gasteiger partial charge on any atom is 0.184 e. The molecule has 2 aliphatic rings. The number of hydrogen-bond donors (Lipinski definition) is 2. The molecule has 1 unspecified atom stereocenters. The van der Waals surface area contributed by atoms with Crippen molar-refractivity contribution in [2.24, 2.45) is 0 Å². The first-order chi connectivity index (χ1) is 12.6. The summed E-state index contributed by atoms with van der Waals surface area (Å²) in [6, 6.07) is 6.41. The molecule has 5 nitrogen and oxygen atoms in total. The molecule has 138 valence electrons. The predicted octanol–water partition coefficient (Wildman–Crippen LogP) is 4.12. The summed E-state index contributed by atoms with van der Waals surface area (Å²) >= 11 is 1.61. The van der Waals surface area contributed by atoms with Crippen molar-refractivity contribution >= 4 is 26.7 Å². The molecule has 1 aromatic carbocycles. The van der Waals surface area contributed by atoms with Gasteiger partial charge in [0, 0.05) is 25.4 Å². The molecule has 0 amide bonds. The van der Waals surface area contributed by atoms with Crippen molar-refractivity contribution in [1.82, 2.24) is 9.88 Å². The first-order valence-corrected chi connectivity index (χ1v) is 10.0. The number of anilines is 1. The highest BCUT2D eigenvalue weighted by atomic mass is 32.1. The second kappa shape index (κ2) is 7.29. The molecule has 3 atom stereocenters. The van der Waals surface area contributed by atoms with Crippen molar-refractivity contribution < 1.29 is 9.84 Å². The normalized spacial score (nSPS) is 26.0. The van der Waals surface area contributed by atoms with E-state index >= 15 is 0 Å². The molecule has 0 spiro atoms. The highest BCUT2D eigenvalue weighted by molar-refractivity contribution is 7.22. The Bertz CT molecular complexity index is 845. The Morgan fingerprint density at radius 3 is 2.96 bits per heavy atom. The molecule has 0 saturated heterocycles. The minimum atomic E-state index is -0.278. The predicted molar refractivity (Wildman–Crippen MR) is 107 cm³/mol. The van der Waals surface area contributed by atoms with Gasteiger partial charge in [0.15, 0.2) is 5.13 Å². The fourth-order valence-corrected chi connectivity index (χ4v) is 4.37. The van der Waals surface area contributed by atoms with Crippen LogP contribution in [0.15, 0.2) is 42.3 Å². The topological polar surface area (TPSA) is 57.6 Å². The Morgan fingerprint density at radius 2 is 2.15 bits per heavy atom. The van der Waals surface area contributed by atoms with E-state index in [9.17, 15) is 5.11 Å². The van der Waals surface area contributed by atoms with Crippen molar-refractivity contribution in [3.63, 3.8) is 0 Å². The van der Waals surface area contributed by atoms with E-state index in [1.165, 1.54) is 0 Å². The number of likely N-dealkylation sites (N-methyl/N-ethyl adjacent to an activating group) is 1. The van der Waals surface area contributed by atoms with Gasteiger partial charge in [-0.3, -0.25) is 0 Å². The number of aromatic nitrogens is 1. The fraction of sp³-hybridized carbons (Fsp3) is 0.450. The van der Waals surface area contributed by atoms with E-state index in [2.05, 4.69) is 35.2 Å². The lowest BCUT2D eigenvalue weighted by molar-refractivity contribution is 0.116. The van der Waals surface area contributed by atoms with Crippen LogP contribution in [0, 0.1) is 0 Å². The van der Waals surface area contributed by atoms with Gasteiger partial charge in [-0.15, -0.1) is 0 Å². The summed E-state index contributed by atoms with van der Waals surface area (Å²) in [5, 5.41) is 14.4. The Hall–Kier alpha value is -2.05. The third-order valence-corrected chi connectivity index (χ3v) is 6.11. The molecule has 0 radical (unpaired) electrons. The number of aliphatic hydroxyl groups is 1. The van der Waals surface area contributed by atoms with Gasteiger partial charge >= 0.3 is 0 Å². The number of hydrogen-bond acceptors (Lipinski definition) is 6. The van der Waals surface area contributed by atoms with Crippen molar-refractivity contribution in [3.05, 3.63) is 42.3 Å². The van der Waals surface area contributed by atoms with Crippen LogP contribution in [0.25, 0.3) is 10.2 Å².